The first-order valence-electron chi connectivity index (χ1n) is 11.1. The maximum Gasteiger partial charge on any atom is 0.346 e. The van der Waals surface area contributed by atoms with Gasteiger partial charge in [0.25, 0.3) is 0 Å². The topological polar surface area (TPSA) is 71.1 Å². The van der Waals surface area contributed by atoms with Crippen LogP contribution in [0.1, 0.15) is 72.4 Å². The fourth-order valence-corrected chi connectivity index (χ4v) is 3.63. The summed E-state index contributed by atoms with van der Waals surface area (Å²) < 4.78 is 23.4. The van der Waals surface area contributed by atoms with Crippen LogP contribution in [0.2, 0.25) is 0 Å². The Morgan fingerprint density at radius 1 is 1.12 bits per heavy atom. The number of benzene rings is 2. The number of aryl methyl sites for hydroxylation is 1. The molecule has 2 aromatic rings. The van der Waals surface area contributed by atoms with Gasteiger partial charge in [0.1, 0.15) is 23.7 Å². The van der Waals surface area contributed by atoms with Gasteiger partial charge in [-0.2, -0.15) is 0 Å². The van der Waals surface area contributed by atoms with Gasteiger partial charge in [-0.3, -0.25) is 4.79 Å². The molecular weight excluding hydrogens is 408 g/mol. The largest absolute Gasteiger partial charge is 0.495 e. The summed E-state index contributed by atoms with van der Waals surface area (Å²) in [6, 6.07) is 7.10. The third-order valence-electron chi connectivity index (χ3n) is 5.22. The number of carbonyl (C=O) groups excluding carboxylic acids is 2. The predicted molar refractivity (Wildman–Crippen MR) is 122 cm³/mol. The summed E-state index contributed by atoms with van der Waals surface area (Å²) in [4.78, 5) is 25.7. The van der Waals surface area contributed by atoms with Gasteiger partial charge in [0.05, 0.1) is 19.3 Å². The Hall–Kier alpha value is -3.02. The molecule has 0 spiro atoms. The van der Waals surface area contributed by atoms with Crippen LogP contribution in [0.3, 0.4) is 0 Å². The Kier molecular flexibility index (Phi) is 7.44. The van der Waals surface area contributed by atoms with Crippen molar-refractivity contribution in [1.82, 2.24) is 0 Å². The Morgan fingerprint density at radius 2 is 1.88 bits per heavy atom. The van der Waals surface area contributed by atoms with Gasteiger partial charge < -0.3 is 18.9 Å². The lowest BCUT2D eigenvalue weighted by atomic mass is 9.97. The lowest BCUT2D eigenvalue weighted by Gasteiger charge is -2.23. The average molecular weight is 441 g/mol. The maximum atomic E-state index is 12.9. The molecule has 172 valence electrons. The lowest BCUT2D eigenvalue weighted by Crippen LogP contribution is -2.16. The quantitative estimate of drug-likeness (QED) is 0.364. The molecule has 2 aromatic carbocycles. The van der Waals surface area contributed by atoms with Crippen LogP contribution in [-0.4, -0.2) is 25.5 Å². The van der Waals surface area contributed by atoms with Crippen LogP contribution in [0.25, 0.3) is 0 Å². The van der Waals surface area contributed by atoms with Crippen molar-refractivity contribution in [2.75, 3.05) is 13.7 Å². The van der Waals surface area contributed by atoms with Gasteiger partial charge in [-0.05, 0) is 55.0 Å². The Morgan fingerprint density at radius 3 is 2.53 bits per heavy atom. The number of methoxy groups -OCH3 is 1. The van der Waals surface area contributed by atoms with Crippen LogP contribution in [0.15, 0.2) is 24.3 Å². The minimum atomic E-state index is -0.592. The lowest BCUT2D eigenvalue weighted by molar-refractivity contribution is 0.0454. The molecule has 0 bridgehead atoms. The smallest absolute Gasteiger partial charge is 0.346 e. The highest BCUT2D eigenvalue weighted by molar-refractivity contribution is 6.05. The van der Waals surface area contributed by atoms with E-state index in [1.165, 1.54) is 7.11 Å². The third kappa shape index (κ3) is 5.23. The molecule has 0 N–H and O–H groups in total. The number of Topliss-reactive ketones (excluding diaryl/α,β-unsaturated/α-hetero) is 1. The molecule has 6 heteroatoms. The van der Waals surface area contributed by atoms with E-state index in [1.807, 2.05) is 32.9 Å². The van der Waals surface area contributed by atoms with Crippen molar-refractivity contribution in [3.8, 4) is 23.0 Å². The van der Waals surface area contributed by atoms with E-state index in [4.69, 9.17) is 18.9 Å². The van der Waals surface area contributed by atoms with Gasteiger partial charge in [-0.25, -0.2) is 4.79 Å². The zero-order valence-corrected chi connectivity index (χ0v) is 19.7. The molecule has 0 fully saturated rings. The van der Waals surface area contributed by atoms with E-state index < -0.39 is 5.97 Å². The number of hydrogen-bond donors (Lipinski definition) is 0. The second-order valence-electron chi connectivity index (χ2n) is 9.00. The zero-order valence-electron chi connectivity index (χ0n) is 19.7. The molecule has 6 nitrogen and oxygen atoms in total. The van der Waals surface area contributed by atoms with Crippen LogP contribution in [-0.2, 0) is 11.3 Å². The molecule has 0 radical (unpaired) electrons. The second-order valence-corrected chi connectivity index (χ2v) is 9.00. The van der Waals surface area contributed by atoms with Crippen LogP contribution < -0.4 is 14.2 Å². The first-order valence-corrected chi connectivity index (χ1v) is 11.1. The van der Waals surface area contributed by atoms with Crippen molar-refractivity contribution >= 4 is 11.8 Å². The van der Waals surface area contributed by atoms with Gasteiger partial charge in [-0.15, -0.1) is 0 Å². The molecule has 0 saturated heterocycles. The summed E-state index contributed by atoms with van der Waals surface area (Å²) >= 11 is 0. The summed E-state index contributed by atoms with van der Waals surface area (Å²) in [6.07, 6.45) is 1.25. The van der Waals surface area contributed by atoms with Crippen molar-refractivity contribution < 1.29 is 28.5 Å². The zero-order chi connectivity index (χ0) is 23.4. The standard InChI is InChI=1S/C26H32O6/c1-15(2)9-10-30-22-13-17(5)12-18-14-31-26(28)23-21(32-24(18)22)8-7-19(25(23)29-6)20(27)11-16(3)4/h7-8,12-13,15-16H,9-11,14H2,1-6H3. The third-order valence-corrected chi connectivity index (χ3v) is 5.22. The molecule has 32 heavy (non-hydrogen) atoms. The molecule has 3 rings (SSSR count). The van der Waals surface area contributed by atoms with Crippen molar-refractivity contribution in [2.24, 2.45) is 11.8 Å². The summed E-state index contributed by atoms with van der Waals surface area (Å²) in [6.45, 7) is 10.8. The van der Waals surface area contributed by atoms with E-state index in [0.717, 1.165) is 17.5 Å². The summed E-state index contributed by atoms with van der Waals surface area (Å²) in [5.74, 6) is 1.56. The van der Waals surface area contributed by atoms with Crippen LogP contribution in [0.4, 0.5) is 0 Å². The SMILES string of the molecule is COc1c(C(=O)CC(C)C)ccc2c1C(=O)OCc1cc(C)cc(OCCC(C)C)c1O2. The number of ketones is 1. The number of carbonyl (C=O) groups is 2. The van der Waals surface area contributed by atoms with Gasteiger partial charge in [-0.1, -0.05) is 27.7 Å². The van der Waals surface area contributed by atoms with Crippen molar-refractivity contribution in [1.29, 1.82) is 0 Å². The Balaban J connectivity index is 2.06. The highest BCUT2D eigenvalue weighted by atomic mass is 16.6. The molecular formula is C26H32O6. The van der Waals surface area contributed by atoms with E-state index in [2.05, 4.69) is 13.8 Å². The van der Waals surface area contributed by atoms with E-state index >= 15 is 0 Å². The van der Waals surface area contributed by atoms with E-state index in [9.17, 15) is 9.59 Å². The highest BCUT2D eigenvalue weighted by Crippen LogP contribution is 2.43. The molecule has 0 amide bonds. The summed E-state index contributed by atoms with van der Waals surface area (Å²) in [7, 11) is 1.44. The van der Waals surface area contributed by atoms with Crippen molar-refractivity contribution in [3.63, 3.8) is 0 Å². The van der Waals surface area contributed by atoms with Gasteiger partial charge in [0, 0.05) is 12.0 Å². The van der Waals surface area contributed by atoms with E-state index in [1.54, 1.807) is 12.1 Å². The number of fused-ring (bicyclic) bond motifs is 2. The summed E-state index contributed by atoms with van der Waals surface area (Å²) in [5.41, 5.74) is 2.17. The first-order chi connectivity index (χ1) is 15.2. The van der Waals surface area contributed by atoms with Crippen molar-refractivity contribution in [3.05, 3.63) is 46.5 Å². The fraction of sp³-hybridized carbons (Fsp3) is 0.462. The van der Waals surface area contributed by atoms with E-state index in [0.29, 0.717) is 36.0 Å². The van der Waals surface area contributed by atoms with Gasteiger partial charge in [0.15, 0.2) is 17.3 Å². The Labute approximate surface area is 189 Å². The molecule has 0 atom stereocenters. The monoisotopic (exact) mass is 440 g/mol. The molecule has 1 heterocycles. The number of rotatable bonds is 8. The van der Waals surface area contributed by atoms with Gasteiger partial charge >= 0.3 is 5.97 Å². The number of ether oxygens (including phenoxy) is 4. The van der Waals surface area contributed by atoms with Crippen LogP contribution in [0, 0.1) is 18.8 Å². The fourth-order valence-electron chi connectivity index (χ4n) is 3.63. The summed E-state index contributed by atoms with van der Waals surface area (Å²) in [5, 5.41) is 0. The second kappa shape index (κ2) is 10.1. The molecule has 0 saturated carbocycles. The highest BCUT2D eigenvalue weighted by Gasteiger charge is 2.30. The van der Waals surface area contributed by atoms with Crippen molar-refractivity contribution in [2.45, 2.75) is 54.1 Å². The predicted octanol–water partition coefficient (Wildman–Crippen LogP) is 6.12. The van der Waals surface area contributed by atoms with E-state index in [-0.39, 0.29) is 35.4 Å². The molecule has 1 aliphatic heterocycles. The first kappa shape index (κ1) is 23.6. The normalized spacial score (nSPS) is 12.9. The molecule has 0 unspecified atom stereocenters. The minimum absolute atomic E-state index is 0.0309. The van der Waals surface area contributed by atoms with Gasteiger partial charge in [0.2, 0.25) is 0 Å². The number of cyclic esters (lactones) is 1. The molecule has 0 aromatic heterocycles. The molecule has 1 aliphatic rings. The molecule has 0 aliphatic carbocycles. The average Bonchev–Trinajstić information content (AvgIpc) is 2.71. The Bertz CT molecular complexity index is 1010. The minimum Gasteiger partial charge on any atom is -0.495 e. The maximum absolute atomic E-state index is 12.9. The number of esters is 1. The van der Waals surface area contributed by atoms with Crippen LogP contribution >= 0.6 is 0 Å². The number of hydrogen-bond acceptors (Lipinski definition) is 6. The van der Waals surface area contributed by atoms with Crippen LogP contribution in [0.5, 0.6) is 23.0 Å².